The molecule has 2 amide bonds. The van der Waals surface area contributed by atoms with E-state index in [1.54, 1.807) is 0 Å². The lowest BCUT2D eigenvalue weighted by Gasteiger charge is -2.19. The molecule has 0 radical (unpaired) electrons. The summed E-state index contributed by atoms with van der Waals surface area (Å²) < 4.78 is 17.8. The van der Waals surface area contributed by atoms with Gasteiger partial charge in [-0.05, 0) is 55.4 Å². The van der Waals surface area contributed by atoms with E-state index in [-0.39, 0.29) is 41.0 Å². The Balaban J connectivity index is 1.34. The second kappa shape index (κ2) is 6.30. The average molecular weight is 359 g/mol. The number of hydrogen-bond acceptors (Lipinski definition) is 5. The van der Waals surface area contributed by atoms with Crippen molar-refractivity contribution in [1.82, 2.24) is 4.90 Å². The highest BCUT2D eigenvalue weighted by molar-refractivity contribution is 6.08. The number of rotatable bonds is 5. The normalized spacial score (nSPS) is 29.2. The van der Waals surface area contributed by atoms with Crippen LogP contribution in [-0.2, 0) is 19.1 Å². The van der Waals surface area contributed by atoms with E-state index in [2.05, 4.69) is 0 Å². The van der Waals surface area contributed by atoms with Crippen molar-refractivity contribution in [3.63, 3.8) is 0 Å². The van der Waals surface area contributed by atoms with Crippen molar-refractivity contribution in [3.05, 3.63) is 35.6 Å². The van der Waals surface area contributed by atoms with Gasteiger partial charge in [0.2, 0.25) is 11.8 Å². The molecule has 1 aliphatic heterocycles. The van der Waals surface area contributed by atoms with Crippen LogP contribution in [0.1, 0.15) is 29.6 Å². The number of Topliss-reactive ketones (excluding diaryl/α,β-unsaturated/α-hetero) is 1. The Morgan fingerprint density at radius 2 is 1.62 bits per heavy atom. The monoisotopic (exact) mass is 359 g/mol. The molecule has 7 heteroatoms. The smallest absolute Gasteiger partial charge is 0.326 e. The number of carbonyl (C=O) groups is 4. The first-order chi connectivity index (χ1) is 12.5. The Hall–Kier alpha value is -2.57. The molecule has 4 atom stereocenters. The summed E-state index contributed by atoms with van der Waals surface area (Å²) in [5, 5.41) is 0. The van der Waals surface area contributed by atoms with E-state index >= 15 is 0 Å². The molecule has 2 aliphatic carbocycles. The fraction of sp³-hybridized carbons (Fsp3) is 0.474. The van der Waals surface area contributed by atoms with E-state index in [0.717, 1.165) is 36.3 Å². The lowest BCUT2D eigenvalue weighted by molar-refractivity contribution is -0.152. The molecule has 136 valence electrons. The number of hydrogen-bond donors (Lipinski definition) is 0. The van der Waals surface area contributed by atoms with Gasteiger partial charge in [-0.15, -0.1) is 0 Å². The first-order valence-electron chi connectivity index (χ1n) is 8.75. The molecule has 0 unspecified atom stereocenters. The van der Waals surface area contributed by atoms with E-state index in [1.807, 2.05) is 0 Å². The highest BCUT2D eigenvalue weighted by atomic mass is 19.1. The zero-order chi connectivity index (χ0) is 18.4. The van der Waals surface area contributed by atoms with Gasteiger partial charge in [0.05, 0.1) is 11.8 Å². The predicted octanol–water partition coefficient (Wildman–Crippen LogP) is 1.58. The van der Waals surface area contributed by atoms with Gasteiger partial charge < -0.3 is 4.74 Å². The number of carbonyl (C=O) groups excluding carboxylic acids is 4. The quantitative estimate of drug-likeness (QED) is 0.453. The summed E-state index contributed by atoms with van der Waals surface area (Å²) in [5.41, 5.74) is 0.221. The minimum atomic E-state index is -0.797. The molecular weight excluding hydrogens is 341 g/mol. The molecule has 1 aromatic rings. The standard InChI is InChI=1S/C19H18FNO5/c20-13-5-3-10(4-6-13)14(22)9-26-15(23)8-21-18(24)16-11-1-2-12(7-11)17(16)19(21)25/h3-6,11-12,16-17H,1-2,7-9H2/t11-,12+,16-,17+. The van der Waals surface area contributed by atoms with Gasteiger partial charge in [-0.1, -0.05) is 0 Å². The van der Waals surface area contributed by atoms with Crippen LogP contribution < -0.4 is 0 Å². The van der Waals surface area contributed by atoms with Crippen LogP contribution in [0.4, 0.5) is 4.39 Å². The van der Waals surface area contributed by atoms with Crippen molar-refractivity contribution >= 4 is 23.6 Å². The summed E-state index contributed by atoms with van der Waals surface area (Å²) in [6.07, 6.45) is 2.86. The maximum atomic E-state index is 12.9. The third-order valence-corrected chi connectivity index (χ3v) is 5.84. The summed E-state index contributed by atoms with van der Waals surface area (Å²) in [6, 6.07) is 4.89. The molecular formula is C19H18FNO5. The molecule has 26 heavy (non-hydrogen) atoms. The largest absolute Gasteiger partial charge is 0.456 e. The molecule has 1 saturated heterocycles. The van der Waals surface area contributed by atoms with Crippen molar-refractivity contribution < 1.29 is 28.3 Å². The first-order valence-corrected chi connectivity index (χ1v) is 8.75. The maximum Gasteiger partial charge on any atom is 0.326 e. The molecule has 0 N–H and O–H groups in total. The Bertz CT molecular complexity index is 762. The predicted molar refractivity (Wildman–Crippen MR) is 86.2 cm³/mol. The summed E-state index contributed by atoms with van der Waals surface area (Å²) in [4.78, 5) is 49.9. The van der Waals surface area contributed by atoms with E-state index in [1.165, 1.54) is 12.1 Å². The van der Waals surface area contributed by atoms with Gasteiger partial charge in [0.15, 0.2) is 12.4 Å². The third-order valence-electron chi connectivity index (χ3n) is 5.84. The molecule has 2 bridgehead atoms. The van der Waals surface area contributed by atoms with Crippen molar-refractivity contribution in [2.45, 2.75) is 19.3 Å². The van der Waals surface area contributed by atoms with Crippen LogP contribution in [0.2, 0.25) is 0 Å². The van der Waals surface area contributed by atoms with Crippen molar-refractivity contribution in [1.29, 1.82) is 0 Å². The molecule has 0 spiro atoms. The number of esters is 1. The molecule has 1 heterocycles. The minimum Gasteiger partial charge on any atom is -0.456 e. The molecule has 3 aliphatic rings. The van der Waals surface area contributed by atoms with Gasteiger partial charge in [-0.3, -0.25) is 24.1 Å². The summed E-state index contributed by atoms with van der Waals surface area (Å²) in [5.74, 6) is -2.37. The lowest BCUT2D eigenvalue weighted by atomic mass is 9.81. The van der Waals surface area contributed by atoms with Gasteiger partial charge in [0.25, 0.3) is 0 Å². The molecule has 4 rings (SSSR count). The van der Waals surface area contributed by atoms with Crippen LogP contribution in [-0.4, -0.2) is 41.6 Å². The van der Waals surface area contributed by atoms with Crippen LogP contribution in [0.3, 0.4) is 0 Å². The fourth-order valence-electron chi connectivity index (χ4n) is 4.67. The number of amides is 2. The van der Waals surface area contributed by atoms with Crippen LogP contribution in [0.25, 0.3) is 0 Å². The molecule has 2 saturated carbocycles. The van der Waals surface area contributed by atoms with Gasteiger partial charge in [0.1, 0.15) is 12.4 Å². The summed E-state index contributed by atoms with van der Waals surface area (Å²) in [7, 11) is 0. The number of fused-ring (bicyclic) bond motifs is 5. The van der Waals surface area contributed by atoms with Crippen LogP contribution in [0, 0.1) is 29.5 Å². The Morgan fingerprint density at radius 3 is 2.19 bits per heavy atom. The summed E-state index contributed by atoms with van der Waals surface area (Å²) >= 11 is 0. The minimum absolute atomic E-state index is 0.221. The first kappa shape index (κ1) is 16.9. The van der Waals surface area contributed by atoms with Gasteiger partial charge in [0, 0.05) is 5.56 Å². The van der Waals surface area contributed by atoms with E-state index in [9.17, 15) is 23.6 Å². The number of likely N-dealkylation sites (tertiary alicyclic amines) is 1. The lowest BCUT2D eigenvalue weighted by Crippen LogP contribution is -2.38. The second-order valence-electron chi connectivity index (χ2n) is 7.24. The van der Waals surface area contributed by atoms with Gasteiger partial charge >= 0.3 is 5.97 Å². The van der Waals surface area contributed by atoms with Gasteiger partial charge in [-0.2, -0.15) is 0 Å². The summed E-state index contributed by atoms with van der Waals surface area (Å²) in [6.45, 7) is -0.973. The maximum absolute atomic E-state index is 12.9. The zero-order valence-electron chi connectivity index (χ0n) is 14.0. The zero-order valence-corrected chi connectivity index (χ0v) is 14.0. The van der Waals surface area contributed by atoms with Crippen molar-refractivity contribution in [3.8, 4) is 0 Å². The fourth-order valence-corrected chi connectivity index (χ4v) is 4.67. The number of halogens is 1. The molecule has 6 nitrogen and oxygen atoms in total. The number of imide groups is 1. The topological polar surface area (TPSA) is 80.8 Å². The molecule has 1 aromatic carbocycles. The molecule has 3 fully saturated rings. The van der Waals surface area contributed by atoms with Crippen LogP contribution in [0.5, 0.6) is 0 Å². The number of ketones is 1. The number of benzene rings is 1. The number of nitrogens with zero attached hydrogens (tertiary/aromatic N) is 1. The van der Waals surface area contributed by atoms with Crippen LogP contribution >= 0.6 is 0 Å². The number of ether oxygens (including phenoxy) is 1. The molecule has 0 aromatic heterocycles. The highest BCUT2D eigenvalue weighted by Crippen LogP contribution is 2.56. The average Bonchev–Trinajstić information content (AvgIpc) is 3.30. The van der Waals surface area contributed by atoms with E-state index < -0.39 is 30.7 Å². The van der Waals surface area contributed by atoms with Crippen molar-refractivity contribution in [2.75, 3.05) is 13.2 Å². The Kier molecular flexibility index (Phi) is 4.09. The highest BCUT2D eigenvalue weighted by Gasteiger charge is 2.61. The third kappa shape index (κ3) is 2.71. The van der Waals surface area contributed by atoms with Crippen LogP contribution in [0.15, 0.2) is 24.3 Å². The Labute approximate surface area is 149 Å². The SMILES string of the molecule is O=C(CN1C(=O)[C@@H]2[C@@H]3CC[C@@H](C3)[C@@H]2C1=O)OCC(=O)c1ccc(F)cc1. The van der Waals surface area contributed by atoms with Gasteiger partial charge in [-0.25, -0.2) is 4.39 Å². The second-order valence-corrected chi connectivity index (χ2v) is 7.24. The van der Waals surface area contributed by atoms with Crippen molar-refractivity contribution in [2.24, 2.45) is 23.7 Å². The van der Waals surface area contributed by atoms with E-state index in [4.69, 9.17) is 4.74 Å². The Morgan fingerprint density at radius 1 is 1.04 bits per heavy atom. The van der Waals surface area contributed by atoms with E-state index in [0.29, 0.717) is 0 Å².